The largest absolute Gasteiger partial charge is 0.492 e. The molecule has 0 atom stereocenters. The van der Waals surface area contributed by atoms with Gasteiger partial charge in [-0.3, -0.25) is 0 Å². The molecule has 3 saturated carbocycles. The lowest BCUT2D eigenvalue weighted by Crippen LogP contribution is -2.26. The Balaban J connectivity index is 1.14. The van der Waals surface area contributed by atoms with E-state index < -0.39 is 0 Å². The van der Waals surface area contributed by atoms with Gasteiger partial charge in [-0.15, -0.1) is 0 Å². The fourth-order valence-electron chi connectivity index (χ4n) is 7.84. The van der Waals surface area contributed by atoms with Crippen molar-refractivity contribution in [2.75, 3.05) is 6.61 Å². The summed E-state index contributed by atoms with van der Waals surface area (Å²) in [6, 6.07) is 3.82. The molecule has 0 aromatic heterocycles. The molecule has 3 aliphatic rings. The van der Waals surface area contributed by atoms with Crippen molar-refractivity contribution in [1.82, 2.24) is 0 Å². The minimum atomic E-state index is -0.246. The van der Waals surface area contributed by atoms with Gasteiger partial charge in [0.05, 0.1) is 6.61 Å². The van der Waals surface area contributed by atoms with Crippen molar-refractivity contribution in [3.8, 4) is 5.75 Å². The highest BCUT2D eigenvalue weighted by molar-refractivity contribution is 6.32. The molecule has 36 heavy (non-hydrogen) atoms. The van der Waals surface area contributed by atoms with E-state index in [1.807, 2.05) is 12.1 Å². The molecule has 1 aromatic carbocycles. The minimum absolute atomic E-state index is 0.176. The van der Waals surface area contributed by atoms with Crippen molar-refractivity contribution in [2.45, 2.75) is 135 Å². The smallest absolute Gasteiger partial charge is 0.149 e. The van der Waals surface area contributed by atoms with E-state index in [1.54, 1.807) is 0 Å². The second-order valence-corrected chi connectivity index (χ2v) is 13.0. The average Bonchev–Trinajstić information content (AvgIpc) is 2.91. The molecule has 3 aliphatic carbocycles. The number of rotatable bonds is 11. The molecule has 0 heterocycles. The maximum absolute atomic E-state index is 15.1. The van der Waals surface area contributed by atoms with Crippen molar-refractivity contribution in [3.05, 3.63) is 28.5 Å². The summed E-state index contributed by atoms with van der Waals surface area (Å²) in [7, 11) is 0. The van der Waals surface area contributed by atoms with E-state index in [9.17, 15) is 0 Å². The highest BCUT2D eigenvalue weighted by atomic mass is 35.5. The molecule has 3 fully saturated rings. The first-order valence-corrected chi connectivity index (χ1v) is 16.1. The van der Waals surface area contributed by atoms with E-state index in [-0.39, 0.29) is 10.8 Å². The zero-order valence-electron chi connectivity index (χ0n) is 23.2. The number of hydrogen-bond donors (Lipinski definition) is 0. The highest BCUT2D eigenvalue weighted by Gasteiger charge is 2.31. The van der Waals surface area contributed by atoms with Crippen LogP contribution in [-0.4, -0.2) is 6.61 Å². The number of benzene rings is 1. The van der Waals surface area contributed by atoms with Crippen molar-refractivity contribution < 1.29 is 9.13 Å². The van der Waals surface area contributed by atoms with E-state index in [2.05, 4.69) is 13.8 Å². The average molecular weight is 519 g/mol. The number of ether oxygens (including phenoxy) is 1. The zero-order chi connectivity index (χ0) is 25.3. The van der Waals surface area contributed by atoms with Crippen molar-refractivity contribution in [2.24, 2.45) is 29.6 Å². The molecule has 0 bridgehead atoms. The van der Waals surface area contributed by atoms with Crippen molar-refractivity contribution >= 4 is 11.6 Å². The van der Waals surface area contributed by atoms with Crippen LogP contribution in [0.5, 0.6) is 5.75 Å². The molecular formula is C33H52ClFO. The van der Waals surface area contributed by atoms with Gasteiger partial charge in [0, 0.05) is 0 Å². The van der Waals surface area contributed by atoms with Gasteiger partial charge in [-0.1, -0.05) is 89.3 Å². The van der Waals surface area contributed by atoms with Gasteiger partial charge in [0.15, 0.2) is 0 Å². The van der Waals surface area contributed by atoms with Gasteiger partial charge in [0.25, 0.3) is 0 Å². The summed E-state index contributed by atoms with van der Waals surface area (Å²) in [5.74, 6) is 5.48. The van der Waals surface area contributed by atoms with Crippen LogP contribution in [0.2, 0.25) is 5.02 Å². The third kappa shape index (κ3) is 7.64. The molecule has 204 valence electrons. The number of halogens is 2. The summed E-state index contributed by atoms with van der Waals surface area (Å²) >= 11 is 6.34. The van der Waals surface area contributed by atoms with Crippen LogP contribution >= 0.6 is 11.6 Å². The van der Waals surface area contributed by atoms with Gasteiger partial charge >= 0.3 is 0 Å². The van der Waals surface area contributed by atoms with Crippen LogP contribution in [-0.2, 0) is 0 Å². The predicted octanol–water partition coefficient (Wildman–Crippen LogP) is 11.1. The monoisotopic (exact) mass is 518 g/mol. The lowest BCUT2D eigenvalue weighted by Gasteiger charge is -2.38. The maximum atomic E-state index is 15.1. The summed E-state index contributed by atoms with van der Waals surface area (Å²) in [5, 5.41) is 0.176. The van der Waals surface area contributed by atoms with Crippen LogP contribution in [0.4, 0.5) is 4.39 Å². The van der Waals surface area contributed by atoms with E-state index in [4.69, 9.17) is 16.3 Å². The van der Waals surface area contributed by atoms with Crippen LogP contribution in [0, 0.1) is 35.4 Å². The fourth-order valence-corrected chi connectivity index (χ4v) is 8.06. The summed E-state index contributed by atoms with van der Waals surface area (Å²) in [4.78, 5) is 0. The van der Waals surface area contributed by atoms with Crippen LogP contribution in [0.25, 0.3) is 0 Å². The predicted molar refractivity (Wildman–Crippen MR) is 152 cm³/mol. The van der Waals surface area contributed by atoms with E-state index in [0.717, 1.165) is 60.8 Å². The Morgan fingerprint density at radius 1 is 0.722 bits per heavy atom. The molecule has 0 radical (unpaired) electrons. The fraction of sp³-hybridized carbons (Fsp3) is 0.818. The van der Waals surface area contributed by atoms with E-state index in [1.165, 1.54) is 89.9 Å². The van der Waals surface area contributed by atoms with Gasteiger partial charge in [-0.25, -0.2) is 4.39 Å². The molecule has 3 heteroatoms. The summed E-state index contributed by atoms with van der Waals surface area (Å²) in [5.41, 5.74) is 0.809. The topological polar surface area (TPSA) is 9.23 Å². The Kier molecular flexibility index (Phi) is 11.3. The van der Waals surface area contributed by atoms with Crippen LogP contribution < -0.4 is 4.74 Å². The molecule has 0 aliphatic heterocycles. The van der Waals surface area contributed by atoms with Gasteiger partial charge in [0.2, 0.25) is 0 Å². The molecule has 4 rings (SSSR count). The lowest BCUT2D eigenvalue weighted by molar-refractivity contribution is 0.137. The Hall–Kier alpha value is -0.760. The third-order valence-corrected chi connectivity index (χ3v) is 10.6. The Labute approximate surface area is 226 Å². The standard InChI is InChI=1S/C33H52ClFO/c1-3-5-23-36-31-22-21-30(33(35)32(31)34)29-19-13-26(14-20-29)8-7-25-11-17-28(18-12-25)27-15-9-24(6-4-2)10-16-27/h21-22,24-29H,3-20,23H2,1-2H3. The first-order chi connectivity index (χ1) is 17.6. The van der Waals surface area contributed by atoms with Crippen LogP contribution in [0.15, 0.2) is 12.1 Å². The van der Waals surface area contributed by atoms with Gasteiger partial charge in [-0.05, 0) is 105 Å². The van der Waals surface area contributed by atoms with E-state index >= 15 is 4.39 Å². The molecule has 1 aromatic rings. The minimum Gasteiger partial charge on any atom is -0.492 e. The Bertz CT molecular complexity index is 770. The zero-order valence-corrected chi connectivity index (χ0v) is 24.0. The maximum Gasteiger partial charge on any atom is 0.149 e. The van der Waals surface area contributed by atoms with Crippen molar-refractivity contribution in [3.63, 3.8) is 0 Å². The quantitative estimate of drug-likeness (QED) is 0.264. The molecule has 0 N–H and O–H groups in total. The first kappa shape index (κ1) is 28.3. The van der Waals surface area contributed by atoms with Gasteiger partial charge in [0.1, 0.15) is 16.6 Å². The molecule has 0 unspecified atom stereocenters. The van der Waals surface area contributed by atoms with Gasteiger partial charge < -0.3 is 4.74 Å². The SMILES string of the molecule is CCCCOc1ccc(C2CCC(CCC3CCC(C4CCC(CCC)CC4)CC3)CC2)c(F)c1Cl. The Morgan fingerprint density at radius 2 is 1.25 bits per heavy atom. The number of hydrogen-bond acceptors (Lipinski definition) is 1. The van der Waals surface area contributed by atoms with E-state index in [0.29, 0.717) is 18.3 Å². The molecule has 1 nitrogen and oxygen atoms in total. The Morgan fingerprint density at radius 3 is 1.78 bits per heavy atom. The normalized spacial score (nSPS) is 31.3. The van der Waals surface area contributed by atoms with Crippen LogP contribution in [0.3, 0.4) is 0 Å². The van der Waals surface area contributed by atoms with Gasteiger partial charge in [-0.2, -0.15) is 0 Å². The number of unbranched alkanes of at least 4 members (excludes halogenated alkanes) is 1. The highest BCUT2D eigenvalue weighted by Crippen LogP contribution is 2.45. The summed E-state index contributed by atoms with van der Waals surface area (Å²) < 4.78 is 20.7. The second-order valence-electron chi connectivity index (χ2n) is 12.6. The molecule has 0 amide bonds. The lowest BCUT2D eigenvalue weighted by atomic mass is 9.68. The molecular weight excluding hydrogens is 467 g/mol. The molecule has 0 spiro atoms. The van der Waals surface area contributed by atoms with Crippen molar-refractivity contribution in [1.29, 1.82) is 0 Å². The summed E-state index contributed by atoms with van der Waals surface area (Å²) in [6.07, 6.45) is 24.4. The van der Waals surface area contributed by atoms with Crippen LogP contribution in [0.1, 0.15) is 141 Å². The third-order valence-electron chi connectivity index (χ3n) is 10.2. The summed E-state index contributed by atoms with van der Waals surface area (Å²) in [6.45, 7) is 5.07. The molecule has 0 saturated heterocycles. The second kappa shape index (κ2) is 14.4. The first-order valence-electron chi connectivity index (χ1n) is 15.7.